The first-order valence-corrected chi connectivity index (χ1v) is 13.5. The topological polar surface area (TPSA) is 92.9 Å². The lowest BCUT2D eigenvalue weighted by molar-refractivity contribution is -0.149. The van der Waals surface area contributed by atoms with Gasteiger partial charge in [-0.15, -0.1) is 0 Å². The van der Waals surface area contributed by atoms with Crippen molar-refractivity contribution in [2.75, 3.05) is 13.2 Å². The van der Waals surface area contributed by atoms with Gasteiger partial charge in [0, 0.05) is 19.0 Å². The molecule has 0 saturated heterocycles. The number of aryl methyl sites for hydroxylation is 1. The number of ether oxygens (including phenoxy) is 1. The van der Waals surface area contributed by atoms with E-state index in [-0.39, 0.29) is 11.3 Å². The standard InChI is InChI=1S/C31H38N2O5/c1-4-5-7-10-28(34)33-19-14-23-11-12-24(21-25(23)29(33)30(35)36)37-20-15-26-22(2)38-27(32-26)13-18-31(3)16-8-6-9-17-31/h4-5,7,10-13,18,21,29H,6,8-9,14-17,19-20H2,1-3H3,(H,35,36). The van der Waals surface area contributed by atoms with Gasteiger partial charge in [0.1, 0.15) is 11.5 Å². The minimum Gasteiger partial charge on any atom is -0.493 e. The smallest absolute Gasteiger partial charge is 0.331 e. The molecule has 202 valence electrons. The predicted molar refractivity (Wildman–Crippen MR) is 147 cm³/mol. The van der Waals surface area contributed by atoms with Gasteiger partial charge in [0.05, 0.1) is 12.3 Å². The summed E-state index contributed by atoms with van der Waals surface area (Å²) in [7, 11) is 0. The van der Waals surface area contributed by atoms with Crippen LogP contribution in [0.25, 0.3) is 6.08 Å². The van der Waals surface area contributed by atoms with E-state index in [2.05, 4.69) is 18.0 Å². The number of carboxylic acids is 1. The van der Waals surface area contributed by atoms with Crippen LogP contribution in [0.5, 0.6) is 5.75 Å². The highest BCUT2D eigenvalue weighted by molar-refractivity contribution is 5.92. The molecule has 0 spiro atoms. The maximum atomic E-state index is 12.7. The highest BCUT2D eigenvalue weighted by Gasteiger charge is 2.35. The molecule has 1 saturated carbocycles. The summed E-state index contributed by atoms with van der Waals surface area (Å²) in [6.45, 7) is 6.79. The van der Waals surface area contributed by atoms with Crippen molar-refractivity contribution in [1.82, 2.24) is 9.88 Å². The van der Waals surface area contributed by atoms with Crippen molar-refractivity contribution in [3.63, 3.8) is 0 Å². The van der Waals surface area contributed by atoms with Crippen molar-refractivity contribution >= 4 is 18.0 Å². The second-order valence-corrected chi connectivity index (χ2v) is 10.5. The first-order chi connectivity index (χ1) is 18.3. The zero-order valence-corrected chi connectivity index (χ0v) is 22.6. The fourth-order valence-electron chi connectivity index (χ4n) is 5.35. The minimum absolute atomic E-state index is 0.215. The summed E-state index contributed by atoms with van der Waals surface area (Å²) in [6, 6.07) is 4.45. The fourth-order valence-corrected chi connectivity index (χ4v) is 5.35. The van der Waals surface area contributed by atoms with Crippen LogP contribution in [0.15, 0.2) is 53.0 Å². The first-order valence-electron chi connectivity index (χ1n) is 13.5. The Morgan fingerprint density at radius 1 is 1.24 bits per heavy atom. The van der Waals surface area contributed by atoms with E-state index in [0.717, 1.165) is 17.0 Å². The molecular formula is C31H38N2O5. The number of allylic oxidation sites excluding steroid dienone is 4. The molecule has 38 heavy (non-hydrogen) atoms. The van der Waals surface area contributed by atoms with Gasteiger partial charge in [-0.2, -0.15) is 0 Å². The molecule has 1 aromatic carbocycles. The summed E-state index contributed by atoms with van der Waals surface area (Å²) in [6.07, 6.45) is 18.2. The van der Waals surface area contributed by atoms with Crippen LogP contribution < -0.4 is 4.74 Å². The number of benzene rings is 1. The van der Waals surface area contributed by atoms with Gasteiger partial charge in [0.15, 0.2) is 6.04 Å². The van der Waals surface area contributed by atoms with Gasteiger partial charge in [0.25, 0.3) is 0 Å². The normalized spacial score (nSPS) is 19.3. The lowest BCUT2D eigenvalue weighted by Crippen LogP contribution is -2.42. The van der Waals surface area contributed by atoms with Crippen molar-refractivity contribution in [2.24, 2.45) is 5.41 Å². The summed E-state index contributed by atoms with van der Waals surface area (Å²) < 4.78 is 11.9. The highest BCUT2D eigenvalue weighted by Crippen LogP contribution is 2.37. The van der Waals surface area contributed by atoms with Crippen molar-refractivity contribution < 1.29 is 23.8 Å². The number of rotatable bonds is 9. The molecule has 1 aromatic heterocycles. The molecule has 0 radical (unpaired) electrons. The lowest BCUT2D eigenvalue weighted by Gasteiger charge is -2.34. The molecule has 1 N–H and O–H groups in total. The fraction of sp³-hybridized carbons (Fsp3) is 0.452. The van der Waals surface area contributed by atoms with Gasteiger partial charge in [-0.1, -0.05) is 56.6 Å². The zero-order valence-electron chi connectivity index (χ0n) is 22.6. The van der Waals surface area contributed by atoms with Crippen molar-refractivity contribution in [3.05, 3.63) is 77.1 Å². The van der Waals surface area contributed by atoms with E-state index in [9.17, 15) is 14.7 Å². The molecule has 2 aromatic rings. The molecule has 1 unspecified atom stereocenters. The van der Waals surface area contributed by atoms with E-state index in [1.54, 1.807) is 18.2 Å². The van der Waals surface area contributed by atoms with Gasteiger partial charge in [-0.25, -0.2) is 9.78 Å². The average Bonchev–Trinajstić information content (AvgIpc) is 3.26. The third-order valence-electron chi connectivity index (χ3n) is 7.55. The first kappa shape index (κ1) is 27.4. The van der Waals surface area contributed by atoms with E-state index in [4.69, 9.17) is 9.15 Å². The summed E-state index contributed by atoms with van der Waals surface area (Å²) in [4.78, 5) is 30.9. The Morgan fingerprint density at radius 2 is 2.03 bits per heavy atom. The number of carbonyl (C=O) groups excluding carboxylic acids is 1. The van der Waals surface area contributed by atoms with Crippen molar-refractivity contribution in [1.29, 1.82) is 0 Å². The van der Waals surface area contributed by atoms with E-state index in [1.165, 1.54) is 43.1 Å². The molecule has 0 bridgehead atoms. The number of aliphatic carboxylic acids is 1. The molecule has 7 heteroatoms. The number of carboxylic acid groups (broad SMARTS) is 1. The monoisotopic (exact) mass is 518 g/mol. The van der Waals surface area contributed by atoms with E-state index >= 15 is 0 Å². The molecule has 7 nitrogen and oxygen atoms in total. The molecule has 2 aliphatic rings. The minimum atomic E-state index is -1.06. The second-order valence-electron chi connectivity index (χ2n) is 10.5. The Morgan fingerprint density at radius 3 is 2.76 bits per heavy atom. The van der Waals surface area contributed by atoms with Gasteiger partial charge in [-0.05, 0) is 67.9 Å². The third-order valence-corrected chi connectivity index (χ3v) is 7.55. The number of fused-ring (bicyclic) bond motifs is 1. The van der Waals surface area contributed by atoms with Crippen molar-refractivity contribution in [2.45, 2.75) is 71.8 Å². The molecule has 1 atom stereocenters. The number of oxazole rings is 1. The van der Waals surface area contributed by atoms with Crippen LogP contribution in [-0.2, 0) is 22.4 Å². The number of aromatic nitrogens is 1. The number of hydrogen-bond donors (Lipinski definition) is 1. The maximum Gasteiger partial charge on any atom is 0.331 e. The van der Waals surface area contributed by atoms with Crippen molar-refractivity contribution in [3.8, 4) is 5.75 Å². The number of carbonyl (C=O) groups is 2. The quantitative estimate of drug-likeness (QED) is 0.312. The lowest BCUT2D eigenvalue weighted by atomic mass is 9.75. The maximum absolute atomic E-state index is 12.7. The highest BCUT2D eigenvalue weighted by atomic mass is 16.5. The molecular weight excluding hydrogens is 480 g/mol. The molecule has 1 fully saturated rings. The number of nitrogens with zero attached hydrogens (tertiary/aromatic N) is 2. The largest absolute Gasteiger partial charge is 0.493 e. The SMILES string of the molecule is CC=CC=CC(=O)N1CCc2ccc(OCCc3nc(C=CC4(C)CCCCC4)oc3C)cc2C1C(=O)O. The molecule has 1 aliphatic heterocycles. The summed E-state index contributed by atoms with van der Waals surface area (Å²) in [5.74, 6) is 0.586. The summed E-state index contributed by atoms with van der Waals surface area (Å²) in [5, 5.41) is 9.97. The summed E-state index contributed by atoms with van der Waals surface area (Å²) >= 11 is 0. The van der Waals surface area contributed by atoms with E-state index in [0.29, 0.717) is 43.2 Å². The molecule has 1 aliphatic carbocycles. The van der Waals surface area contributed by atoms with E-state index in [1.807, 2.05) is 38.1 Å². The van der Waals surface area contributed by atoms with Crippen LogP contribution in [0.3, 0.4) is 0 Å². The molecule has 4 rings (SSSR count). The predicted octanol–water partition coefficient (Wildman–Crippen LogP) is 6.23. The van der Waals surface area contributed by atoms with Gasteiger partial charge >= 0.3 is 5.97 Å². The van der Waals surface area contributed by atoms with Crippen LogP contribution in [0, 0.1) is 12.3 Å². The van der Waals surface area contributed by atoms with Gasteiger partial charge < -0.3 is 19.2 Å². The number of hydrogen-bond acceptors (Lipinski definition) is 5. The van der Waals surface area contributed by atoms with Gasteiger partial charge in [0.2, 0.25) is 11.8 Å². The Kier molecular flexibility index (Phi) is 8.87. The van der Waals surface area contributed by atoms with Crippen LogP contribution in [0.1, 0.15) is 80.5 Å². The Labute approximate surface area is 224 Å². The zero-order chi connectivity index (χ0) is 27.1. The Hall–Kier alpha value is -3.61. The molecule has 2 heterocycles. The number of amides is 1. The van der Waals surface area contributed by atoms with Gasteiger partial charge in [-0.3, -0.25) is 4.79 Å². The average molecular weight is 519 g/mol. The molecule has 1 amide bonds. The van der Waals surface area contributed by atoms with Crippen LogP contribution in [0.2, 0.25) is 0 Å². The van der Waals surface area contributed by atoms with Crippen LogP contribution in [-0.4, -0.2) is 40.0 Å². The Bertz CT molecular complexity index is 1230. The van der Waals surface area contributed by atoms with Crippen LogP contribution >= 0.6 is 0 Å². The second kappa shape index (κ2) is 12.3. The van der Waals surface area contributed by atoms with Crippen LogP contribution in [0.4, 0.5) is 0 Å². The van der Waals surface area contributed by atoms with E-state index < -0.39 is 12.0 Å². The summed E-state index contributed by atoms with van der Waals surface area (Å²) in [5.41, 5.74) is 2.58. The Balaban J connectivity index is 1.41. The third kappa shape index (κ3) is 6.63.